The number of nitrogens with two attached hydrogens (primary N) is 3. The predicted molar refractivity (Wildman–Crippen MR) is 243 cm³/mol. The van der Waals surface area contributed by atoms with Crippen molar-refractivity contribution in [1.29, 1.82) is 0 Å². The van der Waals surface area contributed by atoms with Gasteiger partial charge in [0.2, 0.25) is 41.4 Å². The summed E-state index contributed by atoms with van der Waals surface area (Å²) in [6, 6.07) is 8.24. The van der Waals surface area contributed by atoms with E-state index in [1.54, 1.807) is 42.5 Å². The first kappa shape index (κ1) is 53.5. The van der Waals surface area contributed by atoms with Crippen molar-refractivity contribution in [3.05, 3.63) is 71.3 Å². The van der Waals surface area contributed by atoms with Crippen molar-refractivity contribution in [2.75, 3.05) is 32.7 Å². The number of nitrogens with one attached hydrogen (secondary N) is 8. The molecular formula is C45H69N11O9. The number of aldehydes is 1. The molecule has 3 rings (SSSR count). The minimum absolute atomic E-state index is 0.0102. The van der Waals surface area contributed by atoms with Crippen LogP contribution < -0.4 is 59.7 Å². The van der Waals surface area contributed by atoms with Crippen molar-refractivity contribution in [3.8, 4) is 0 Å². The number of hydrogen-bond donors (Lipinski definition) is 12. The van der Waals surface area contributed by atoms with Gasteiger partial charge in [0.25, 0.3) is 0 Å². The number of carbonyl (C=O) groups is 8. The summed E-state index contributed by atoms with van der Waals surface area (Å²) in [6.07, 6.45) is -1.28. The molecule has 8 atom stereocenters. The smallest absolute Gasteiger partial charge is 0.245 e. The van der Waals surface area contributed by atoms with E-state index in [0.29, 0.717) is 17.4 Å². The lowest BCUT2D eigenvalue weighted by atomic mass is 9.94. The van der Waals surface area contributed by atoms with Crippen LogP contribution in [-0.4, -0.2) is 133 Å². The van der Waals surface area contributed by atoms with Crippen molar-refractivity contribution < 1.29 is 43.5 Å². The van der Waals surface area contributed by atoms with Crippen LogP contribution in [0.3, 0.4) is 0 Å². The van der Waals surface area contributed by atoms with Crippen molar-refractivity contribution in [2.24, 2.45) is 23.1 Å². The Balaban J connectivity index is 2.11. The largest absolute Gasteiger partial charge is 0.391 e. The summed E-state index contributed by atoms with van der Waals surface area (Å²) in [6.45, 7) is 6.14. The summed E-state index contributed by atoms with van der Waals surface area (Å²) in [4.78, 5) is 110. The van der Waals surface area contributed by atoms with Crippen LogP contribution in [0.4, 0.5) is 0 Å². The highest BCUT2D eigenvalue weighted by Gasteiger charge is 2.38. The molecule has 0 radical (unpaired) electrons. The van der Waals surface area contributed by atoms with Gasteiger partial charge >= 0.3 is 0 Å². The molecule has 1 aliphatic heterocycles. The van der Waals surface area contributed by atoms with E-state index in [2.05, 4.69) is 42.5 Å². The van der Waals surface area contributed by atoms with Gasteiger partial charge in [0, 0.05) is 19.5 Å². The number of benzene rings is 2. The van der Waals surface area contributed by atoms with E-state index in [0.717, 1.165) is 5.56 Å². The van der Waals surface area contributed by atoms with Crippen LogP contribution in [0, 0.1) is 12.8 Å². The molecule has 2 aromatic rings. The predicted octanol–water partition coefficient (Wildman–Crippen LogP) is -2.79. The third-order valence-corrected chi connectivity index (χ3v) is 10.9. The van der Waals surface area contributed by atoms with Crippen LogP contribution in [0.25, 0.3) is 0 Å². The molecule has 0 aromatic heterocycles. The normalized spacial score (nSPS) is 25.2. The maximum Gasteiger partial charge on any atom is 0.245 e. The summed E-state index contributed by atoms with van der Waals surface area (Å²) >= 11 is 0. The Bertz CT molecular complexity index is 1900. The van der Waals surface area contributed by atoms with Gasteiger partial charge in [-0.3, -0.25) is 33.6 Å². The van der Waals surface area contributed by atoms with Gasteiger partial charge in [-0.25, -0.2) is 0 Å². The molecule has 2 aromatic carbocycles. The standard InChI is InChI=1S/C45H69N11O9/c1-27(2)22-35-43(64)56-45(26-57,17-20-48)25-50-32(14-18-46)39(60)55-38(29(4)58)44(65)49-21-16-34(51-37(59)24-31-12-10-28(3)11-13-31)41(62)52-33(15-19-47)40(61)54-36(42(63)53-35)23-30-8-6-5-7-9-30/h5-13,26-27,29,32-36,38,50,58H,14-25,46-48H2,1-4H3,(H,49,65)(H,51,59)(H,52,62)(H,53,63)(H,54,61)(H,55,60)(H,56,64)/t29-,32+,33+,34+,35+,36-,38+,45-/m1/s1. The summed E-state index contributed by atoms with van der Waals surface area (Å²) in [5, 5.41) is 32.3. The highest BCUT2D eigenvalue weighted by atomic mass is 16.3. The second-order valence-electron chi connectivity index (χ2n) is 17.0. The SMILES string of the molecule is Cc1ccc(CC(=O)N[C@H]2CCNC(=O)[C@H]([C@@H](C)O)NC(=O)[C@H](CCN)NC[C@@](C=O)(CCN)NC(=O)[C@H](CC(C)C)NC(=O)[C@@H](Cc3ccccc3)NC(=O)[C@H](CCN)NC2=O)cc1. The van der Waals surface area contributed by atoms with Crippen LogP contribution in [0.1, 0.15) is 69.6 Å². The van der Waals surface area contributed by atoms with Gasteiger partial charge in [-0.15, -0.1) is 0 Å². The Kier molecular flexibility index (Phi) is 22.1. The van der Waals surface area contributed by atoms with Crippen molar-refractivity contribution >= 4 is 47.6 Å². The third-order valence-electron chi connectivity index (χ3n) is 10.9. The van der Waals surface area contributed by atoms with Gasteiger partial charge in [-0.2, -0.15) is 0 Å². The van der Waals surface area contributed by atoms with Gasteiger partial charge in [-0.05, 0) is 82.6 Å². The van der Waals surface area contributed by atoms with E-state index in [9.17, 15) is 43.5 Å². The zero-order chi connectivity index (χ0) is 48.1. The number of rotatable bonds is 15. The zero-order valence-electron chi connectivity index (χ0n) is 37.8. The topological polar surface area (TPSA) is 331 Å². The zero-order valence-corrected chi connectivity index (χ0v) is 37.8. The summed E-state index contributed by atoms with van der Waals surface area (Å²) in [5.41, 5.74) is 18.3. The van der Waals surface area contributed by atoms with E-state index in [-0.39, 0.29) is 83.6 Å². The van der Waals surface area contributed by atoms with E-state index in [1.807, 2.05) is 32.9 Å². The fourth-order valence-electron chi connectivity index (χ4n) is 7.24. The number of carbonyl (C=O) groups excluding carboxylic acids is 8. The minimum Gasteiger partial charge on any atom is -0.391 e. The van der Waals surface area contributed by atoms with Crippen LogP contribution >= 0.6 is 0 Å². The highest BCUT2D eigenvalue weighted by molar-refractivity contribution is 5.96. The molecule has 0 saturated carbocycles. The fourth-order valence-corrected chi connectivity index (χ4v) is 7.24. The monoisotopic (exact) mass is 908 g/mol. The molecule has 1 saturated heterocycles. The number of amides is 7. The van der Waals surface area contributed by atoms with E-state index in [1.165, 1.54) is 6.92 Å². The maximum absolute atomic E-state index is 14.3. The Morgan fingerprint density at radius 3 is 1.95 bits per heavy atom. The van der Waals surface area contributed by atoms with Crippen LogP contribution in [-0.2, 0) is 51.2 Å². The lowest BCUT2D eigenvalue weighted by Gasteiger charge is -2.34. The van der Waals surface area contributed by atoms with Gasteiger partial charge in [-0.1, -0.05) is 74.0 Å². The minimum atomic E-state index is -1.69. The van der Waals surface area contributed by atoms with Crippen LogP contribution in [0.15, 0.2) is 54.6 Å². The Labute approximate surface area is 380 Å². The molecule has 0 bridgehead atoms. The summed E-state index contributed by atoms with van der Waals surface area (Å²) in [5.74, 6) is -5.32. The summed E-state index contributed by atoms with van der Waals surface area (Å²) < 4.78 is 0. The first-order chi connectivity index (χ1) is 30.9. The number of hydrogen-bond acceptors (Lipinski definition) is 13. The van der Waals surface area contributed by atoms with Gasteiger partial charge < -0.3 is 69.6 Å². The molecule has 1 fully saturated rings. The van der Waals surface area contributed by atoms with E-state index < -0.39 is 89.2 Å². The van der Waals surface area contributed by atoms with Gasteiger partial charge in [0.05, 0.1) is 18.6 Å². The third kappa shape index (κ3) is 17.6. The summed E-state index contributed by atoms with van der Waals surface area (Å²) in [7, 11) is 0. The second kappa shape index (κ2) is 26.9. The Hall–Kier alpha value is -5.80. The molecule has 0 unspecified atom stereocenters. The molecule has 20 heteroatoms. The second-order valence-corrected chi connectivity index (χ2v) is 17.0. The molecule has 7 amide bonds. The highest BCUT2D eigenvalue weighted by Crippen LogP contribution is 2.13. The van der Waals surface area contributed by atoms with E-state index in [4.69, 9.17) is 17.2 Å². The van der Waals surface area contributed by atoms with Crippen molar-refractivity contribution in [1.82, 2.24) is 42.5 Å². The van der Waals surface area contributed by atoms with E-state index >= 15 is 0 Å². The van der Waals surface area contributed by atoms with Crippen LogP contribution in [0.2, 0.25) is 0 Å². The van der Waals surface area contributed by atoms with Crippen molar-refractivity contribution in [2.45, 2.75) is 121 Å². The molecule has 1 heterocycles. The first-order valence-corrected chi connectivity index (χ1v) is 22.1. The first-order valence-electron chi connectivity index (χ1n) is 22.1. The average Bonchev–Trinajstić information content (AvgIpc) is 3.26. The van der Waals surface area contributed by atoms with Crippen molar-refractivity contribution in [3.63, 3.8) is 0 Å². The number of aliphatic hydroxyl groups is 1. The lowest BCUT2D eigenvalue weighted by molar-refractivity contribution is -0.135. The number of aliphatic hydroxyl groups excluding tert-OH is 1. The molecule has 15 N–H and O–H groups in total. The van der Waals surface area contributed by atoms with Crippen LogP contribution in [0.5, 0.6) is 0 Å². The Morgan fingerprint density at radius 1 is 0.754 bits per heavy atom. The molecular weight excluding hydrogens is 839 g/mol. The molecule has 1 aliphatic rings. The fraction of sp³-hybridized carbons (Fsp3) is 0.556. The maximum atomic E-state index is 14.3. The average molecular weight is 908 g/mol. The van der Waals surface area contributed by atoms with Gasteiger partial charge in [0.15, 0.2) is 0 Å². The molecule has 20 nitrogen and oxygen atoms in total. The molecule has 0 spiro atoms. The molecule has 358 valence electrons. The molecule has 65 heavy (non-hydrogen) atoms. The Morgan fingerprint density at radius 2 is 1.35 bits per heavy atom. The van der Waals surface area contributed by atoms with Gasteiger partial charge in [0.1, 0.15) is 42.0 Å². The lowest BCUT2D eigenvalue weighted by Crippen LogP contribution is -2.64. The molecule has 0 aliphatic carbocycles. The quantitative estimate of drug-likeness (QED) is 0.0806. The number of aryl methyl sites for hydroxylation is 1.